The number of hydrogen-bond donors (Lipinski definition) is 1. The molecule has 1 N–H and O–H groups in total. The first-order valence-electron chi connectivity index (χ1n) is 8.15. The molecular weight excluding hydrogens is 324 g/mol. The smallest absolute Gasteiger partial charge is 0.251 e. The maximum absolute atomic E-state index is 12.3. The number of aryl methyl sites for hydroxylation is 1. The number of hydrogen-bond acceptors (Lipinski definition) is 4. The van der Waals surface area contributed by atoms with Gasteiger partial charge in [0.25, 0.3) is 5.91 Å². The molecule has 0 saturated heterocycles. The van der Waals surface area contributed by atoms with Crippen LogP contribution in [0.3, 0.4) is 0 Å². The summed E-state index contributed by atoms with van der Waals surface area (Å²) in [5.41, 5.74) is 3.05. The molecule has 0 atom stereocenters. The predicted molar refractivity (Wildman–Crippen MR) is 97.2 cm³/mol. The summed E-state index contributed by atoms with van der Waals surface area (Å²) >= 11 is 3.43. The molecule has 1 aliphatic carbocycles. The van der Waals surface area contributed by atoms with E-state index in [-0.39, 0.29) is 5.91 Å². The first kappa shape index (κ1) is 16.5. The van der Waals surface area contributed by atoms with Crippen LogP contribution in [0.5, 0.6) is 0 Å². The van der Waals surface area contributed by atoms with Gasteiger partial charge in [-0.15, -0.1) is 11.3 Å². The Hall–Kier alpha value is -1.33. The van der Waals surface area contributed by atoms with Crippen molar-refractivity contribution in [2.75, 3.05) is 0 Å². The minimum absolute atomic E-state index is 0.0617. The zero-order chi connectivity index (χ0) is 16.1. The van der Waals surface area contributed by atoms with Crippen LogP contribution < -0.4 is 5.32 Å². The van der Waals surface area contributed by atoms with Crippen molar-refractivity contribution in [3.63, 3.8) is 0 Å². The van der Waals surface area contributed by atoms with Crippen LogP contribution in [0.2, 0.25) is 0 Å². The standard InChI is InChI=1S/C18H22N2OS2/c1-13-11-22-18(19-13)23-12-14-7-9-15(10-8-14)17(21)20-16-5-3-2-4-6-16/h7-11,16H,2-6,12H2,1H3,(H,20,21). The van der Waals surface area contributed by atoms with Crippen LogP contribution in [-0.2, 0) is 5.75 Å². The summed E-state index contributed by atoms with van der Waals surface area (Å²) < 4.78 is 1.10. The number of carbonyl (C=O) groups is 1. The third-order valence-electron chi connectivity index (χ3n) is 4.12. The lowest BCUT2D eigenvalue weighted by Gasteiger charge is -2.22. The largest absolute Gasteiger partial charge is 0.349 e. The SMILES string of the molecule is Cc1csc(SCc2ccc(C(=O)NC3CCCCC3)cc2)n1. The second-order valence-electron chi connectivity index (χ2n) is 6.05. The molecule has 5 heteroatoms. The number of thiazole rings is 1. The molecule has 1 aliphatic rings. The van der Waals surface area contributed by atoms with E-state index in [1.807, 2.05) is 31.2 Å². The quantitative estimate of drug-likeness (QED) is 0.790. The molecule has 0 bridgehead atoms. The Bertz CT molecular complexity index is 645. The molecule has 23 heavy (non-hydrogen) atoms. The Morgan fingerprint density at radius 2 is 2.00 bits per heavy atom. The van der Waals surface area contributed by atoms with Crippen LogP contribution in [0.4, 0.5) is 0 Å². The van der Waals surface area contributed by atoms with Gasteiger partial charge in [-0.05, 0) is 37.5 Å². The molecule has 3 nitrogen and oxygen atoms in total. The molecule has 0 unspecified atom stereocenters. The lowest BCUT2D eigenvalue weighted by atomic mass is 9.95. The van der Waals surface area contributed by atoms with E-state index in [9.17, 15) is 4.79 Å². The molecule has 1 aromatic heterocycles. The predicted octanol–water partition coefficient (Wildman–Crippen LogP) is 4.81. The summed E-state index contributed by atoms with van der Waals surface area (Å²) in [5, 5.41) is 5.23. The zero-order valence-corrected chi connectivity index (χ0v) is 15.0. The Morgan fingerprint density at radius 3 is 2.65 bits per heavy atom. The number of aromatic nitrogens is 1. The molecule has 1 amide bonds. The van der Waals surface area contributed by atoms with Gasteiger partial charge in [0, 0.05) is 28.4 Å². The molecule has 2 aromatic rings. The van der Waals surface area contributed by atoms with Crippen molar-refractivity contribution in [1.29, 1.82) is 0 Å². The van der Waals surface area contributed by atoms with E-state index in [0.29, 0.717) is 6.04 Å². The van der Waals surface area contributed by atoms with Gasteiger partial charge in [0.1, 0.15) is 4.34 Å². The minimum atomic E-state index is 0.0617. The number of nitrogens with zero attached hydrogens (tertiary/aromatic N) is 1. The molecule has 1 aromatic carbocycles. The molecule has 122 valence electrons. The second-order valence-corrected chi connectivity index (χ2v) is 8.13. The van der Waals surface area contributed by atoms with E-state index in [2.05, 4.69) is 15.7 Å². The number of thioether (sulfide) groups is 1. The van der Waals surface area contributed by atoms with Gasteiger partial charge in [-0.25, -0.2) is 4.98 Å². The molecule has 1 heterocycles. The topological polar surface area (TPSA) is 42.0 Å². The van der Waals surface area contributed by atoms with E-state index in [0.717, 1.165) is 34.2 Å². The van der Waals surface area contributed by atoms with Crippen molar-refractivity contribution in [3.8, 4) is 0 Å². The van der Waals surface area contributed by atoms with E-state index in [4.69, 9.17) is 0 Å². The summed E-state index contributed by atoms with van der Waals surface area (Å²) in [4.78, 5) is 16.7. The van der Waals surface area contributed by atoms with Gasteiger partial charge in [-0.3, -0.25) is 4.79 Å². The summed E-state index contributed by atoms with van der Waals surface area (Å²) in [6.07, 6.45) is 6.01. The zero-order valence-electron chi connectivity index (χ0n) is 13.4. The van der Waals surface area contributed by atoms with E-state index < -0.39 is 0 Å². The van der Waals surface area contributed by atoms with Gasteiger partial charge in [0.05, 0.1) is 0 Å². The Kier molecular flexibility index (Phi) is 5.73. The fourth-order valence-corrected chi connectivity index (χ4v) is 4.62. The number of amides is 1. The highest BCUT2D eigenvalue weighted by Crippen LogP contribution is 2.26. The Morgan fingerprint density at radius 1 is 1.26 bits per heavy atom. The highest BCUT2D eigenvalue weighted by atomic mass is 32.2. The average Bonchev–Trinajstić information content (AvgIpc) is 3.00. The highest BCUT2D eigenvalue weighted by molar-refractivity contribution is 8.00. The van der Waals surface area contributed by atoms with E-state index >= 15 is 0 Å². The Labute approximate surface area is 145 Å². The Balaban J connectivity index is 1.52. The van der Waals surface area contributed by atoms with Gasteiger partial charge in [0.2, 0.25) is 0 Å². The van der Waals surface area contributed by atoms with Gasteiger partial charge in [-0.2, -0.15) is 0 Å². The van der Waals surface area contributed by atoms with Gasteiger partial charge < -0.3 is 5.32 Å². The van der Waals surface area contributed by atoms with Crippen molar-refractivity contribution in [2.45, 2.75) is 55.2 Å². The average molecular weight is 347 g/mol. The monoisotopic (exact) mass is 346 g/mol. The molecule has 1 fully saturated rings. The number of nitrogens with one attached hydrogen (secondary N) is 1. The first-order valence-corrected chi connectivity index (χ1v) is 10.0. The van der Waals surface area contributed by atoms with Crippen LogP contribution in [0.1, 0.15) is 53.7 Å². The molecule has 1 saturated carbocycles. The maximum Gasteiger partial charge on any atom is 0.251 e. The van der Waals surface area contributed by atoms with Crippen LogP contribution in [0.15, 0.2) is 34.0 Å². The fourth-order valence-electron chi connectivity index (χ4n) is 2.81. The van der Waals surface area contributed by atoms with Gasteiger partial charge in [-0.1, -0.05) is 43.2 Å². The third kappa shape index (κ3) is 4.82. The van der Waals surface area contributed by atoms with Crippen molar-refractivity contribution < 1.29 is 4.79 Å². The highest BCUT2D eigenvalue weighted by Gasteiger charge is 2.16. The van der Waals surface area contributed by atoms with Crippen LogP contribution in [-0.4, -0.2) is 16.9 Å². The summed E-state index contributed by atoms with van der Waals surface area (Å²) in [7, 11) is 0. The first-order chi connectivity index (χ1) is 11.2. The fraction of sp³-hybridized carbons (Fsp3) is 0.444. The summed E-state index contributed by atoms with van der Waals surface area (Å²) in [6.45, 7) is 2.01. The van der Waals surface area contributed by atoms with Crippen molar-refractivity contribution in [3.05, 3.63) is 46.5 Å². The molecule has 0 spiro atoms. The lowest BCUT2D eigenvalue weighted by molar-refractivity contribution is 0.0927. The summed E-state index contributed by atoms with van der Waals surface area (Å²) in [6, 6.07) is 8.31. The van der Waals surface area contributed by atoms with Gasteiger partial charge >= 0.3 is 0 Å². The third-order valence-corrected chi connectivity index (χ3v) is 6.33. The van der Waals surface area contributed by atoms with Crippen molar-refractivity contribution >= 4 is 29.0 Å². The normalized spacial score (nSPS) is 15.5. The molecular formula is C18H22N2OS2. The van der Waals surface area contributed by atoms with Gasteiger partial charge in [0.15, 0.2) is 0 Å². The minimum Gasteiger partial charge on any atom is -0.349 e. The second kappa shape index (κ2) is 7.97. The van der Waals surface area contributed by atoms with Crippen molar-refractivity contribution in [1.82, 2.24) is 10.3 Å². The van der Waals surface area contributed by atoms with Crippen LogP contribution in [0.25, 0.3) is 0 Å². The van der Waals surface area contributed by atoms with Crippen LogP contribution >= 0.6 is 23.1 Å². The van der Waals surface area contributed by atoms with Crippen LogP contribution in [0, 0.1) is 6.92 Å². The molecule has 0 radical (unpaired) electrons. The number of carbonyl (C=O) groups excluding carboxylic acids is 1. The van der Waals surface area contributed by atoms with E-state index in [1.165, 1.54) is 24.8 Å². The number of rotatable bonds is 5. The van der Waals surface area contributed by atoms with E-state index in [1.54, 1.807) is 23.1 Å². The molecule has 3 rings (SSSR count). The molecule has 0 aliphatic heterocycles. The van der Waals surface area contributed by atoms with Crippen molar-refractivity contribution in [2.24, 2.45) is 0 Å². The maximum atomic E-state index is 12.3. The summed E-state index contributed by atoms with van der Waals surface area (Å²) in [5.74, 6) is 0.948. The number of benzene rings is 1. The lowest BCUT2D eigenvalue weighted by Crippen LogP contribution is -2.36.